The molecule has 2 unspecified atom stereocenters. The second-order valence-electron chi connectivity index (χ2n) is 12.7. The highest BCUT2D eigenvalue weighted by molar-refractivity contribution is 7.88. The quantitative estimate of drug-likeness (QED) is 0.431. The number of aryl methyl sites for hydroxylation is 1. The van der Waals surface area contributed by atoms with Crippen LogP contribution in [0.4, 0.5) is 8.78 Å². The van der Waals surface area contributed by atoms with Gasteiger partial charge in [0.05, 0.1) is 12.3 Å². The molecule has 1 aliphatic heterocycles. The number of hydrogen-bond acceptors (Lipinski definition) is 6. The molecular formula is C29H47F2N5O5S. The number of alkyl halides is 2. The number of rotatable bonds is 5. The number of carbonyl (C=O) groups is 2. The first-order valence-electron chi connectivity index (χ1n) is 14.1. The Bertz CT molecular complexity index is 1280. The molecule has 13 heteroatoms. The van der Waals surface area contributed by atoms with Gasteiger partial charge in [-0.2, -0.15) is 5.26 Å². The molecule has 4 N–H and O–H groups in total. The highest BCUT2D eigenvalue weighted by Crippen LogP contribution is 2.62. The Hall–Kier alpha value is -2.85. The van der Waals surface area contributed by atoms with Gasteiger partial charge in [-0.3, -0.25) is 14.4 Å². The predicted molar refractivity (Wildman–Crippen MR) is 158 cm³/mol. The lowest BCUT2D eigenvalue weighted by Gasteiger charge is -2.26. The van der Waals surface area contributed by atoms with Crippen molar-refractivity contribution >= 4 is 22.3 Å². The number of hydrogen-bond donors (Lipinski definition) is 3. The molecule has 0 aromatic carbocycles. The molecule has 1 aromatic heterocycles. The summed E-state index contributed by atoms with van der Waals surface area (Å²) in [7, 11) is -3.17. The molecule has 0 bridgehead atoms. The highest BCUT2D eigenvalue weighted by atomic mass is 32.2. The number of fused-ring (bicyclic) bond motifs is 2. The largest absolute Gasteiger partial charge is 0.343 e. The first-order chi connectivity index (χ1) is 19.2. The summed E-state index contributed by atoms with van der Waals surface area (Å²) in [5.41, 5.74) is 1.39. The molecular weight excluding hydrogens is 568 g/mol. The van der Waals surface area contributed by atoms with Crippen LogP contribution in [0.15, 0.2) is 10.9 Å². The SMILES string of the molecule is CC.CC(C)(C)CC(=O)N1CC2[C@H](C1)C2(C)C.CS(N)(=O)=O.N#CC(Cc1cc2c([nH]c1=O)CCC(F)(F)C2)NC=O. The van der Waals surface area contributed by atoms with E-state index in [0.29, 0.717) is 35.4 Å². The van der Waals surface area contributed by atoms with Crippen LogP contribution < -0.4 is 16.0 Å². The molecule has 42 heavy (non-hydrogen) atoms. The van der Waals surface area contributed by atoms with Crippen LogP contribution in [0.3, 0.4) is 0 Å². The van der Waals surface area contributed by atoms with Gasteiger partial charge < -0.3 is 15.2 Å². The molecule has 2 amide bonds. The lowest BCUT2D eigenvalue weighted by molar-refractivity contribution is -0.132. The zero-order valence-electron chi connectivity index (χ0n) is 26.0. The summed E-state index contributed by atoms with van der Waals surface area (Å²) in [5.74, 6) is -0.855. The van der Waals surface area contributed by atoms with E-state index in [2.05, 4.69) is 55.0 Å². The Labute approximate surface area is 248 Å². The number of sulfonamides is 1. The molecule has 10 nitrogen and oxygen atoms in total. The van der Waals surface area contributed by atoms with Gasteiger partial charge in [0.15, 0.2) is 0 Å². The molecule has 1 saturated heterocycles. The molecule has 3 atom stereocenters. The van der Waals surface area contributed by atoms with Crippen molar-refractivity contribution in [3.8, 4) is 6.07 Å². The number of nitrogens with two attached hydrogens (primary N) is 1. The third-order valence-corrected chi connectivity index (χ3v) is 7.49. The van der Waals surface area contributed by atoms with Crippen LogP contribution in [-0.2, 0) is 38.9 Å². The van der Waals surface area contributed by atoms with Crippen LogP contribution in [0.5, 0.6) is 0 Å². The molecule has 4 rings (SSSR count). The first kappa shape index (κ1) is 37.2. The molecule has 238 valence electrons. The van der Waals surface area contributed by atoms with Gasteiger partial charge in [0.25, 0.3) is 11.5 Å². The minimum atomic E-state index is -3.17. The normalized spacial score (nSPS) is 21.6. The number of piperidine rings is 1. The summed E-state index contributed by atoms with van der Waals surface area (Å²) in [6.07, 6.45) is 1.43. The smallest absolute Gasteiger partial charge is 0.252 e. The van der Waals surface area contributed by atoms with Crippen molar-refractivity contribution in [3.05, 3.63) is 33.2 Å². The predicted octanol–water partition coefficient (Wildman–Crippen LogP) is 3.15. The van der Waals surface area contributed by atoms with Gasteiger partial charge in [-0.25, -0.2) is 22.3 Å². The monoisotopic (exact) mass is 615 g/mol. The van der Waals surface area contributed by atoms with Crippen LogP contribution in [0.2, 0.25) is 0 Å². The van der Waals surface area contributed by atoms with E-state index in [0.717, 1.165) is 31.2 Å². The summed E-state index contributed by atoms with van der Waals surface area (Å²) >= 11 is 0. The van der Waals surface area contributed by atoms with Gasteiger partial charge in [0.1, 0.15) is 6.04 Å². The summed E-state index contributed by atoms with van der Waals surface area (Å²) < 4.78 is 45.5. The Balaban J connectivity index is 0.000000353. The van der Waals surface area contributed by atoms with Crippen LogP contribution >= 0.6 is 0 Å². The summed E-state index contributed by atoms with van der Waals surface area (Å²) in [4.78, 5) is 38.8. The van der Waals surface area contributed by atoms with E-state index in [1.165, 1.54) is 6.07 Å². The molecule has 3 aliphatic rings. The number of H-pyrrole nitrogens is 1. The van der Waals surface area contributed by atoms with Gasteiger partial charge in [-0.1, -0.05) is 48.5 Å². The Morgan fingerprint density at radius 3 is 2.26 bits per heavy atom. The Morgan fingerprint density at radius 2 is 1.81 bits per heavy atom. The number of primary sulfonamides is 1. The van der Waals surface area contributed by atoms with Gasteiger partial charge in [0.2, 0.25) is 22.3 Å². The van der Waals surface area contributed by atoms with Crippen molar-refractivity contribution in [3.63, 3.8) is 0 Å². The Morgan fingerprint density at radius 1 is 1.29 bits per heavy atom. The third kappa shape index (κ3) is 11.8. The van der Waals surface area contributed by atoms with E-state index in [9.17, 15) is 31.6 Å². The number of aromatic nitrogens is 1. The maximum absolute atomic E-state index is 13.4. The minimum Gasteiger partial charge on any atom is -0.343 e. The van der Waals surface area contributed by atoms with Gasteiger partial charge in [0, 0.05) is 50.0 Å². The standard InChI is InChI=1S/C13H13F2N3O2.C13H23NO.C2H6.CH5NO2S/c14-13(15)2-1-11-9(5-13)3-8(12(20)18-11)4-10(6-16)17-7-19;1-12(2,3)6-11(15)14-7-9-10(8-14)13(9,4)5;1-2;1-5(2,3)4/h3,7,10H,1-2,4-5H2,(H,17,19)(H,18,20);9-10H,6-8H2,1-5H3;1-2H3;1H3,(H2,2,3,4)/t;9-,10?;;/m.0../s1. The molecule has 1 aromatic rings. The number of nitrogens with zero attached hydrogens (tertiary/aromatic N) is 2. The van der Waals surface area contributed by atoms with Gasteiger partial charge in [-0.15, -0.1) is 0 Å². The van der Waals surface area contributed by atoms with E-state index >= 15 is 0 Å². The van der Waals surface area contributed by atoms with Crippen LogP contribution in [0.25, 0.3) is 0 Å². The number of nitrogens with one attached hydrogen (secondary N) is 2. The lowest BCUT2D eigenvalue weighted by atomic mass is 9.91. The maximum atomic E-state index is 13.4. The van der Waals surface area contributed by atoms with Crippen molar-refractivity contribution in [2.75, 3.05) is 19.3 Å². The van der Waals surface area contributed by atoms with E-state index in [4.69, 9.17) is 5.26 Å². The zero-order valence-corrected chi connectivity index (χ0v) is 26.8. The number of nitriles is 1. The second kappa shape index (κ2) is 14.6. The van der Waals surface area contributed by atoms with E-state index in [1.807, 2.05) is 19.9 Å². The number of pyridine rings is 1. The fourth-order valence-corrected chi connectivity index (χ4v) is 5.21. The summed E-state index contributed by atoms with van der Waals surface area (Å²) in [6.45, 7) is 17.1. The van der Waals surface area contributed by atoms with Crippen molar-refractivity contribution in [1.29, 1.82) is 5.26 Å². The molecule has 1 saturated carbocycles. The highest BCUT2D eigenvalue weighted by Gasteiger charge is 2.62. The molecule has 2 fully saturated rings. The topological polar surface area (TPSA) is 166 Å². The first-order valence-corrected chi connectivity index (χ1v) is 16.1. The van der Waals surface area contributed by atoms with E-state index in [-0.39, 0.29) is 30.2 Å². The van der Waals surface area contributed by atoms with Crippen molar-refractivity contribution < 1.29 is 26.8 Å². The Kier molecular flexibility index (Phi) is 12.9. The molecule has 2 aliphatic carbocycles. The van der Waals surface area contributed by atoms with Crippen molar-refractivity contribution in [2.45, 2.75) is 92.5 Å². The molecule has 0 spiro atoms. The summed E-state index contributed by atoms with van der Waals surface area (Å²) in [5, 5.41) is 15.4. The lowest BCUT2D eigenvalue weighted by Crippen LogP contribution is -2.35. The van der Waals surface area contributed by atoms with Gasteiger partial charge >= 0.3 is 0 Å². The number of amides is 2. The molecule has 2 heterocycles. The van der Waals surface area contributed by atoms with Crippen LogP contribution in [0, 0.1) is 34.0 Å². The van der Waals surface area contributed by atoms with Gasteiger partial charge in [-0.05, 0) is 40.7 Å². The zero-order chi connectivity index (χ0) is 32.7. The number of likely N-dealkylation sites (tertiary alicyclic amines) is 1. The van der Waals surface area contributed by atoms with Crippen LogP contribution in [0.1, 0.15) is 78.1 Å². The third-order valence-electron chi connectivity index (χ3n) is 7.49. The number of halogens is 2. The van der Waals surface area contributed by atoms with E-state index in [1.54, 1.807) is 0 Å². The summed E-state index contributed by atoms with van der Waals surface area (Å²) in [6, 6.07) is 2.40. The van der Waals surface area contributed by atoms with Crippen molar-refractivity contribution in [2.24, 2.45) is 27.8 Å². The second-order valence-corrected chi connectivity index (χ2v) is 14.4. The van der Waals surface area contributed by atoms with Crippen LogP contribution in [-0.4, -0.2) is 61.9 Å². The van der Waals surface area contributed by atoms with E-state index < -0.39 is 34.0 Å². The molecule has 0 radical (unpaired) electrons. The minimum absolute atomic E-state index is 0.0105. The average molecular weight is 616 g/mol. The maximum Gasteiger partial charge on any atom is 0.252 e. The van der Waals surface area contributed by atoms with Crippen molar-refractivity contribution in [1.82, 2.24) is 15.2 Å². The number of carbonyl (C=O) groups excluding carboxylic acids is 2. The number of aromatic amines is 1. The fraction of sp³-hybridized carbons (Fsp3) is 0.724. The average Bonchev–Trinajstić information content (AvgIpc) is 3.17. The fourth-order valence-electron chi connectivity index (χ4n) is 5.21.